The maximum atomic E-state index is 10.5. The maximum Gasteiger partial charge on any atom is 0.0869 e. The average Bonchev–Trinajstić information content (AvgIpc) is 2.42. The predicted molar refractivity (Wildman–Crippen MR) is 86.1 cm³/mol. The molecule has 0 aromatic heterocycles. The molecule has 1 unspecified atom stereocenters. The molecule has 1 heterocycles. The second-order valence-corrected chi connectivity index (χ2v) is 6.50. The van der Waals surface area contributed by atoms with Crippen molar-refractivity contribution in [2.24, 2.45) is 0 Å². The number of rotatable bonds is 6. The number of benzene rings is 1. The summed E-state index contributed by atoms with van der Waals surface area (Å²) in [4.78, 5) is 2.22. The second kappa shape index (κ2) is 7.77. The van der Waals surface area contributed by atoms with E-state index in [-0.39, 0.29) is 0 Å². The molecule has 118 valence electrons. The zero-order valence-corrected chi connectivity index (χ0v) is 13.8. The van der Waals surface area contributed by atoms with E-state index in [2.05, 4.69) is 10.2 Å². The van der Waals surface area contributed by atoms with Crippen molar-refractivity contribution in [2.75, 3.05) is 39.4 Å². The summed E-state index contributed by atoms with van der Waals surface area (Å²) in [5, 5.41) is 15.0. The standard InChI is InChI=1S/C15H22Cl2N2O2/c1-15(20,11-19-5-7-21-8-6-19)10-18-9-12-13(16)3-2-4-14(12)17/h2-4,18,20H,5-11H2,1H3. The molecule has 1 fully saturated rings. The smallest absolute Gasteiger partial charge is 0.0869 e. The zero-order chi connectivity index (χ0) is 15.3. The van der Waals surface area contributed by atoms with Gasteiger partial charge in [-0.25, -0.2) is 0 Å². The summed E-state index contributed by atoms with van der Waals surface area (Å²) < 4.78 is 5.31. The number of aliphatic hydroxyl groups is 1. The largest absolute Gasteiger partial charge is 0.388 e. The van der Waals surface area contributed by atoms with Crippen molar-refractivity contribution < 1.29 is 9.84 Å². The van der Waals surface area contributed by atoms with E-state index in [4.69, 9.17) is 27.9 Å². The first kappa shape index (κ1) is 17.0. The third-order valence-corrected chi connectivity index (χ3v) is 4.25. The van der Waals surface area contributed by atoms with E-state index >= 15 is 0 Å². The van der Waals surface area contributed by atoms with Crippen LogP contribution in [0.1, 0.15) is 12.5 Å². The quantitative estimate of drug-likeness (QED) is 0.838. The molecule has 1 aliphatic heterocycles. The van der Waals surface area contributed by atoms with Gasteiger partial charge in [0.15, 0.2) is 0 Å². The summed E-state index contributed by atoms with van der Waals surface area (Å²) in [6.45, 7) is 6.68. The van der Waals surface area contributed by atoms with E-state index in [0.717, 1.165) is 31.9 Å². The molecule has 6 heteroatoms. The molecule has 1 saturated heterocycles. The number of nitrogens with zero attached hydrogens (tertiary/aromatic N) is 1. The van der Waals surface area contributed by atoms with Crippen molar-refractivity contribution in [3.8, 4) is 0 Å². The van der Waals surface area contributed by atoms with Crippen molar-refractivity contribution in [3.63, 3.8) is 0 Å². The summed E-state index contributed by atoms with van der Waals surface area (Å²) in [6, 6.07) is 5.45. The lowest BCUT2D eigenvalue weighted by Gasteiger charge is -2.34. The fourth-order valence-electron chi connectivity index (χ4n) is 2.45. The van der Waals surface area contributed by atoms with E-state index in [1.165, 1.54) is 0 Å². The van der Waals surface area contributed by atoms with Gasteiger partial charge in [0.2, 0.25) is 0 Å². The van der Waals surface area contributed by atoms with Crippen LogP contribution in [0.2, 0.25) is 10.0 Å². The summed E-state index contributed by atoms with van der Waals surface area (Å²) in [5.41, 5.74) is 0.0634. The Kier molecular flexibility index (Phi) is 6.29. The van der Waals surface area contributed by atoms with E-state index in [9.17, 15) is 5.11 Å². The topological polar surface area (TPSA) is 44.7 Å². The van der Waals surface area contributed by atoms with Gasteiger partial charge in [-0.1, -0.05) is 29.3 Å². The van der Waals surface area contributed by atoms with Gasteiger partial charge >= 0.3 is 0 Å². The third-order valence-electron chi connectivity index (χ3n) is 3.54. The van der Waals surface area contributed by atoms with E-state index < -0.39 is 5.60 Å². The summed E-state index contributed by atoms with van der Waals surface area (Å²) >= 11 is 12.3. The molecule has 4 nitrogen and oxygen atoms in total. The lowest BCUT2D eigenvalue weighted by Crippen LogP contribution is -2.50. The van der Waals surface area contributed by atoms with Crippen molar-refractivity contribution in [1.82, 2.24) is 10.2 Å². The van der Waals surface area contributed by atoms with Crippen LogP contribution >= 0.6 is 23.2 Å². The van der Waals surface area contributed by atoms with Crippen molar-refractivity contribution >= 4 is 23.2 Å². The first-order valence-corrected chi connectivity index (χ1v) is 7.90. The van der Waals surface area contributed by atoms with Crippen LogP contribution in [-0.2, 0) is 11.3 Å². The normalized spacial score (nSPS) is 19.4. The maximum absolute atomic E-state index is 10.5. The van der Waals surface area contributed by atoms with Gasteiger partial charge in [0.1, 0.15) is 0 Å². The van der Waals surface area contributed by atoms with Crippen molar-refractivity contribution in [1.29, 1.82) is 0 Å². The van der Waals surface area contributed by atoms with Gasteiger partial charge < -0.3 is 15.2 Å². The molecule has 1 aliphatic rings. The molecule has 1 aromatic carbocycles. The highest BCUT2D eigenvalue weighted by Gasteiger charge is 2.25. The second-order valence-electron chi connectivity index (χ2n) is 5.69. The Morgan fingerprint density at radius 1 is 1.29 bits per heavy atom. The molecule has 1 aromatic rings. The van der Waals surface area contributed by atoms with Crippen LogP contribution in [0.5, 0.6) is 0 Å². The summed E-state index contributed by atoms with van der Waals surface area (Å²) in [6.07, 6.45) is 0. The van der Waals surface area contributed by atoms with Gasteiger partial charge in [0.25, 0.3) is 0 Å². The first-order valence-electron chi connectivity index (χ1n) is 7.14. The monoisotopic (exact) mass is 332 g/mol. The molecule has 0 bridgehead atoms. The highest BCUT2D eigenvalue weighted by Crippen LogP contribution is 2.24. The molecule has 0 spiro atoms. The minimum Gasteiger partial charge on any atom is -0.388 e. The number of halogens is 2. The van der Waals surface area contributed by atoms with Crippen molar-refractivity contribution in [2.45, 2.75) is 19.1 Å². The molecular weight excluding hydrogens is 311 g/mol. The first-order chi connectivity index (χ1) is 9.98. The fraction of sp³-hybridized carbons (Fsp3) is 0.600. The van der Waals surface area contributed by atoms with Crippen LogP contribution in [0.3, 0.4) is 0 Å². The van der Waals surface area contributed by atoms with Gasteiger partial charge in [-0.2, -0.15) is 0 Å². The Bertz CT molecular complexity index is 443. The van der Waals surface area contributed by atoms with Crippen LogP contribution in [-0.4, -0.2) is 55.0 Å². The van der Waals surface area contributed by atoms with Gasteiger partial charge in [-0.15, -0.1) is 0 Å². The van der Waals surface area contributed by atoms with Crippen molar-refractivity contribution in [3.05, 3.63) is 33.8 Å². The van der Waals surface area contributed by atoms with Crippen LogP contribution < -0.4 is 5.32 Å². The Morgan fingerprint density at radius 2 is 1.90 bits per heavy atom. The van der Waals surface area contributed by atoms with E-state index in [0.29, 0.717) is 29.7 Å². The zero-order valence-electron chi connectivity index (χ0n) is 12.2. The third kappa shape index (κ3) is 5.40. The number of ether oxygens (including phenoxy) is 1. The van der Waals surface area contributed by atoms with Gasteiger partial charge in [-0.3, -0.25) is 4.90 Å². The summed E-state index contributed by atoms with van der Waals surface area (Å²) in [5.74, 6) is 0. The van der Waals surface area contributed by atoms with Crippen LogP contribution in [0.4, 0.5) is 0 Å². The highest BCUT2D eigenvalue weighted by atomic mass is 35.5. The summed E-state index contributed by atoms with van der Waals surface area (Å²) in [7, 11) is 0. The number of hydrogen-bond acceptors (Lipinski definition) is 4. The number of β-amino-alcohol motifs (C(OH)–C–C–N with tert-alkyl or cyclic N) is 1. The molecule has 2 rings (SSSR count). The van der Waals surface area contributed by atoms with Crippen LogP contribution in [0, 0.1) is 0 Å². The fourth-order valence-corrected chi connectivity index (χ4v) is 2.99. The molecule has 0 radical (unpaired) electrons. The van der Waals surface area contributed by atoms with Gasteiger partial charge in [0, 0.05) is 48.3 Å². The molecular formula is C15H22Cl2N2O2. The molecule has 0 amide bonds. The average molecular weight is 333 g/mol. The molecule has 2 N–H and O–H groups in total. The van der Waals surface area contributed by atoms with E-state index in [1.54, 1.807) is 0 Å². The molecule has 1 atom stereocenters. The van der Waals surface area contributed by atoms with Crippen LogP contribution in [0.25, 0.3) is 0 Å². The molecule has 0 saturated carbocycles. The lowest BCUT2D eigenvalue weighted by molar-refractivity contribution is -0.0219. The Balaban J connectivity index is 1.81. The Morgan fingerprint density at radius 3 is 2.52 bits per heavy atom. The van der Waals surface area contributed by atoms with Crippen LogP contribution in [0.15, 0.2) is 18.2 Å². The van der Waals surface area contributed by atoms with Gasteiger partial charge in [0.05, 0.1) is 18.8 Å². The number of nitrogens with one attached hydrogen (secondary N) is 1. The minimum absolute atomic E-state index is 0.478. The molecule has 0 aliphatic carbocycles. The molecule has 21 heavy (non-hydrogen) atoms. The highest BCUT2D eigenvalue weighted by molar-refractivity contribution is 6.35. The Hall–Kier alpha value is -0.360. The number of morpholine rings is 1. The van der Waals surface area contributed by atoms with Gasteiger partial charge in [-0.05, 0) is 19.1 Å². The number of hydrogen-bond donors (Lipinski definition) is 2. The Labute approximate surface area is 136 Å². The lowest BCUT2D eigenvalue weighted by atomic mass is 10.1. The van der Waals surface area contributed by atoms with E-state index in [1.807, 2.05) is 25.1 Å². The SMILES string of the molecule is CC(O)(CNCc1c(Cl)cccc1Cl)CN1CCOCC1. The predicted octanol–water partition coefficient (Wildman–Crippen LogP) is 2.17. The minimum atomic E-state index is -0.801.